The summed E-state index contributed by atoms with van der Waals surface area (Å²) in [7, 11) is 0. The number of imide groups is 1. The molecule has 8 nitrogen and oxygen atoms in total. The maximum atomic E-state index is 13.2. The predicted molar refractivity (Wildman–Crippen MR) is 114 cm³/mol. The van der Waals surface area contributed by atoms with Gasteiger partial charge in [-0.25, -0.2) is 4.79 Å². The Labute approximate surface area is 180 Å². The van der Waals surface area contributed by atoms with Gasteiger partial charge in [0.2, 0.25) is 5.91 Å². The molecule has 0 bridgehead atoms. The number of ether oxygens (including phenoxy) is 2. The quantitative estimate of drug-likeness (QED) is 0.721. The molecule has 1 atom stereocenters. The predicted octanol–water partition coefficient (Wildman–Crippen LogP) is 2.82. The average molecular weight is 423 g/mol. The Morgan fingerprint density at radius 3 is 2.68 bits per heavy atom. The van der Waals surface area contributed by atoms with E-state index in [0.717, 1.165) is 23.3 Å². The van der Waals surface area contributed by atoms with Gasteiger partial charge in [-0.15, -0.1) is 0 Å². The van der Waals surface area contributed by atoms with Crippen molar-refractivity contribution in [1.29, 1.82) is 0 Å². The normalized spacial score (nSPS) is 20.3. The van der Waals surface area contributed by atoms with Crippen LogP contribution in [0.1, 0.15) is 31.4 Å². The molecule has 0 saturated carbocycles. The van der Waals surface area contributed by atoms with Gasteiger partial charge in [0.1, 0.15) is 12.1 Å². The van der Waals surface area contributed by atoms with Crippen LogP contribution in [0.5, 0.6) is 11.5 Å². The molecule has 2 aromatic rings. The molecule has 4 amide bonds. The number of aryl methyl sites for hydroxylation is 1. The fourth-order valence-electron chi connectivity index (χ4n) is 3.72. The van der Waals surface area contributed by atoms with Gasteiger partial charge >= 0.3 is 6.03 Å². The van der Waals surface area contributed by atoms with Crippen LogP contribution in [-0.4, -0.2) is 42.5 Å². The van der Waals surface area contributed by atoms with E-state index >= 15 is 0 Å². The zero-order valence-electron chi connectivity index (χ0n) is 17.6. The minimum atomic E-state index is -1.30. The van der Waals surface area contributed by atoms with Crippen LogP contribution in [0.2, 0.25) is 0 Å². The van der Waals surface area contributed by atoms with Crippen molar-refractivity contribution in [3.8, 4) is 11.5 Å². The van der Waals surface area contributed by atoms with Crippen LogP contribution >= 0.6 is 0 Å². The third-order valence-electron chi connectivity index (χ3n) is 5.52. The summed E-state index contributed by atoms with van der Waals surface area (Å²) in [4.78, 5) is 39.2. The Kier molecular flexibility index (Phi) is 5.54. The zero-order chi connectivity index (χ0) is 22.0. The Morgan fingerprint density at radius 2 is 1.90 bits per heavy atom. The topological polar surface area (TPSA) is 97.0 Å². The van der Waals surface area contributed by atoms with E-state index in [2.05, 4.69) is 10.6 Å². The van der Waals surface area contributed by atoms with Gasteiger partial charge in [-0.2, -0.15) is 0 Å². The molecule has 162 valence electrons. The molecular weight excluding hydrogens is 398 g/mol. The van der Waals surface area contributed by atoms with E-state index in [1.165, 1.54) is 0 Å². The summed E-state index contributed by atoms with van der Waals surface area (Å²) in [5.41, 5.74) is 0.968. The van der Waals surface area contributed by atoms with Crippen molar-refractivity contribution in [2.45, 2.75) is 32.2 Å². The summed E-state index contributed by atoms with van der Waals surface area (Å²) in [6.45, 7) is 4.34. The third-order valence-corrected chi connectivity index (χ3v) is 5.52. The third kappa shape index (κ3) is 4.05. The molecule has 0 spiro atoms. The standard InChI is InChI=1S/C23H25N3O5/c1-3-15-6-4-7-17(12-15)24-20(27)14-26-21(28)23(2,25-22(26)29)16-8-9-18-19(13-16)31-11-5-10-30-18/h4,6-9,12-13H,3,5,10-11,14H2,1-2H3,(H,24,27)(H,25,29)/t23-/m0/s1. The highest BCUT2D eigenvalue weighted by Gasteiger charge is 2.49. The van der Waals surface area contributed by atoms with Gasteiger partial charge in [-0.3, -0.25) is 14.5 Å². The summed E-state index contributed by atoms with van der Waals surface area (Å²) in [6, 6.07) is 12.0. The average Bonchev–Trinajstić information content (AvgIpc) is 2.93. The second-order valence-electron chi connectivity index (χ2n) is 7.76. The van der Waals surface area contributed by atoms with Crippen molar-refractivity contribution in [3.05, 3.63) is 53.6 Å². The number of hydrogen-bond donors (Lipinski definition) is 2. The highest BCUT2D eigenvalue weighted by Crippen LogP contribution is 2.36. The lowest BCUT2D eigenvalue weighted by atomic mass is 9.91. The van der Waals surface area contributed by atoms with E-state index in [9.17, 15) is 14.4 Å². The largest absolute Gasteiger partial charge is 0.490 e. The number of anilines is 1. The van der Waals surface area contributed by atoms with Crippen LogP contribution in [-0.2, 0) is 21.5 Å². The first kappa shape index (κ1) is 20.7. The van der Waals surface area contributed by atoms with Crippen molar-refractivity contribution < 1.29 is 23.9 Å². The maximum Gasteiger partial charge on any atom is 0.325 e. The van der Waals surface area contributed by atoms with Crippen molar-refractivity contribution in [1.82, 2.24) is 10.2 Å². The zero-order valence-corrected chi connectivity index (χ0v) is 17.6. The van der Waals surface area contributed by atoms with E-state index in [1.54, 1.807) is 31.2 Å². The van der Waals surface area contributed by atoms with E-state index in [1.807, 2.05) is 25.1 Å². The second kappa shape index (κ2) is 8.29. The highest BCUT2D eigenvalue weighted by atomic mass is 16.5. The minimum Gasteiger partial charge on any atom is -0.490 e. The Balaban J connectivity index is 1.50. The van der Waals surface area contributed by atoms with Crippen LogP contribution in [0, 0.1) is 0 Å². The molecule has 0 aliphatic carbocycles. The molecule has 4 rings (SSSR count). The van der Waals surface area contributed by atoms with Gasteiger partial charge in [0.05, 0.1) is 13.2 Å². The van der Waals surface area contributed by atoms with Crippen LogP contribution in [0.25, 0.3) is 0 Å². The molecule has 0 aromatic heterocycles. The number of nitrogens with one attached hydrogen (secondary N) is 2. The van der Waals surface area contributed by atoms with Gasteiger partial charge in [0, 0.05) is 12.1 Å². The van der Waals surface area contributed by atoms with E-state index in [-0.39, 0.29) is 6.54 Å². The van der Waals surface area contributed by atoms with Crippen molar-refractivity contribution in [2.75, 3.05) is 25.1 Å². The summed E-state index contributed by atoms with van der Waals surface area (Å²) in [5, 5.41) is 5.47. The molecule has 31 heavy (non-hydrogen) atoms. The number of nitrogens with zero attached hydrogens (tertiary/aromatic N) is 1. The Morgan fingerprint density at radius 1 is 1.13 bits per heavy atom. The van der Waals surface area contributed by atoms with E-state index < -0.39 is 23.4 Å². The number of hydrogen-bond acceptors (Lipinski definition) is 5. The first-order valence-corrected chi connectivity index (χ1v) is 10.3. The van der Waals surface area contributed by atoms with Gasteiger partial charge < -0.3 is 20.1 Å². The highest BCUT2D eigenvalue weighted by molar-refractivity contribution is 6.10. The Hall–Kier alpha value is -3.55. The minimum absolute atomic E-state index is 0.374. The fraction of sp³-hybridized carbons (Fsp3) is 0.348. The first-order chi connectivity index (χ1) is 14.9. The van der Waals surface area contributed by atoms with Crippen LogP contribution in [0.3, 0.4) is 0 Å². The number of urea groups is 1. The van der Waals surface area contributed by atoms with Crippen LogP contribution < -0.4 is 20.1 Å². The number of carbonyl (C=O) groups excluding carboxylic acids is 3. The summed E-state index contributed by atoms with van der Waals surface area (Å²) in [5.74, 6) is 0.196. The van der Waals surface area contributed by atoms with E-state index in [4.69, 9.17) is 9.47 Å². The number of amides is 4. The van der Waals surface area contributed by atoms with Gasteiger partial charge in [-0.05, 0) is 48.7 Å². The molecule has 2 N–H and O–H groups in total. The molecule has 0 unspecified atom stereocenters. The van der Waals surface area contributed by atoms with Crippen molar-refractivity contribution in [2.24, 2.45) is 0 Å². The van der Waals surface area contributed by atoms with Gasteiger partial charge in [-0.1, -0.05) is 25.1 Å². The lowest BCUT2D eigenvalue weighted by Gasteiger charge is -2.23. The molecule has 2 aliphatic heterocycles. The molecule has 2 aliphatic rings. The molecular formula is C23H25N3O5. The van der Waals surface area contributed by atoms with Gasteiger partial charge in [0.25, 0.3) is 5.91 Å². The maximum absolute atomic E-state index is 13.2. The number of benzene rings is 2. The number of fused-ring (bicyclic) bond motifs is 1. The van der Waals surface area contributed by atoms with E-state index in [0.29, 0.717) is 36.0 Å². The fourth-order valence-corrected chi connectivity index (χ4v) is 3.72. The molecule has 1 fully saturated rings. The Bertz CT molecular complexity index is 1040. The van der Waals surface area contributed by atoms with Crippen molar-refractivity contribution >= 4 is 23.5 Å². The van der Waals surface area contributed by atoms with Crippen LogP contribution in [0.15, 0.2) is 42.5 Å². The summed E-state index contributed by atoms with van der Waals surface area (Å²) < 4.78 is 11.3. The van der Waals surface area contributed by atoms with Crippen molar-refractivity contribution in [3.63, 3.8) is 0 Å². The summed E-state index contributed by atoms with van der Waals surface area (Å²) >= 11 is 0. The SMILES string of the molecule is CCc1cccc(NC(=O)CN2C(=O)N[C@@](C)(c3ccc4c(c3)OCCCO4)C2=O)c1. The molecule has 2 heterocycles. The molecule has 8 heteroatoms. The van der Waals surface area contributed by atoms with Crippen LogP contribution in [0.4, 0.5) is 10.5 Å². The lowest BCUT2D eigenvalue weighted by molar-refractivity contribution is -0.133. The number of rotatable bonds is 5. The summed E-state index contributed by atoms with van der Waals surface area (Å²) in [6.07, 6.45) is 1.60. The first-order valence-electron chi connectivity index (χ1n) is 10.3. The smallest absolute Gasteiger partial charge is 0.325 e. The number of carbonyl (C=O) groups is 3. The monoisotopic (exact) mass is 423 g/mol. The van der Waals surface area contributed by atoms with Gasteiger partial charge in [0.15, 0.2) is 11.5 Å². The molecule has 2 aromatic carbocycles. The molecule has 0 radical (unpaired) electrons. The second-order valence-corrected chi connectivity index (χ2v) is 7.76. The lowest BCUT2D eigenvalue weighted by Crippen LogP contribution is -2.42. The molecule has 1 saturated heterocycles.